The summed E-state index contributed by atoms with van der Waals surface area (Å²) in [4.78, 5) is 43.3. The summed E-state index contributed by atoms with van der Waals surface area (Å²) in [6.45, 7) is 7.78. The number of carbonyl (C=O) groups is 2. The topological polar surface area (TPSA) is 144 Å². The van der Waals surface area contributed by atoms with Crippen molar-refractivity contribution in [1.82, 2.24) is 25.4 Å². The summed E-state index contributed by atoms with van der Waals surface area (Å²) < 4.78 is 28.7. The summed E-state index contributed by atoms with van der Waals surface area (Å²) in [6.07, 6.45) is 1.68. The number of H-pyrrole nitrogens is 1. The molecule has 0 spiro atoms. The average molecular weight is 529 g/mol. The van der Waals surface area contributed by atoms with Gasteiger partial charge >= 0.3 is 0 Å². The second-order valence-electron chi connectivity index (χ2n) is 9.46. The van der Waals surface area contributed by atoms with Crippen LogP contribution in [0.5, 0.6) is 0 Å². The largest absolute Gasteiger partial charge is 0.352 e. The smallest absolute Gasteiger partial charge is 0.272 e. The minimum Gasteiger partial charge on any atom is -0.352 e. The summed E-state index contributed by atoms with van der Waals surface area (Å²) >= 11 is 0. The number of hydrogen-bond donors (Lipinski definition) is 4. The number of carbonyl (C=O) groups excluding carboxylic acids is 2. The molecule has 1 aliphatic heterocycles. The molecule has 1 aliphatic carbocycles. The number of hydrogen-bond acceptors (Lipinski definition) is 7. The van der Waals surface area contributed by atoms with E-state index in [1.807, 2.05) is 11.8 Å². The number of nitrogens with zero attached hydrogens (tertiary/aromatic N) is 2. The van der Waals surface area contributed by atoms with Crippen molar-refractivity contribution in [2.24, 2.45) is 0 Å². The van der Waals surface area contributed by atoms with Crippen LogP contribution in [0.1, 0.15) is 42.8 Å². The van der Waals surface area contributed by atoms with Gasteiger partial charge in [0.05, 0.1) is 19.0 Å². The fraction of sp³-hybridized carbons (Fsp3) is 0.400. The van der Waals surface area contributed by atoms with Gasteiger partial charge in [0.25, 0.3) is 5.56 Å². The molecule has 1 aromatic carbocycles. The van der Waals surface area contributed by atoms with Crippen molar-refractivity contribution in [1.29, 1.82) is 0 Å². The van der Waals surface area contributed by atoms with E-state index in [0.29, 0.717) is 28.9 Å². The number of aryl methyl sites for hydroxylation is 1. The zero-order valence-corrected chi connectivity index (χ0v) is 21.7. The third kappa shape index (κ3) is 6.20. The average Bonchev–Trinajstić information content (AvgIpc) is 3.62. The quantitative estimate of drug-likeness (QED) is 0.320. The van der Waals surface area contributed by atoms with Crippen LogP contribution in [0, 0.1) is 6.92 Å². The van der Waals surface area contributed by atoms with E-state index in [9.17, 15) is 22.8 Å². The standard InChI is InChI=1S/C25H32N6O5S/c1-16-11-21(23(24(34)27-16)29-37(35,36)13-19-7-5-4-6-8-19)25-30(12-22(33)28-20-9-10-20)17(2)18(3)31(25)14-26-15-32/h4-8,11,15,17,20,25,29H,3,9-10,12-14H2,1-2H3,(H,26,32)(H,27,34)(H,28,33). The van der Waals surface area contributed by atoms with Gasteiger partial charge < -0.3 is 20.5 Å². The van der Waals surface area contributed by atoms with Gasteiger partial charge in [0.1, 0.15) is 11.9 Å². The fourth-order valence-corrected chi connectivity index (χ4v) is 5.77. The van der Waals surface area contributed by atoms with E-state index in [0.717, 1.165) is 12.8 Å². The Morgan fingerprint density at radius 2 is 1.95 bits per heavy atom. The highest BCUT2D eigenvalue weighted by Crippen LogP contribution is 2.40. The third-order valence-corrected chi connectivity index (χ3v) is 7.73. The van der Waals surface area contributed by atoms with Gasteiger partial charge in [0.15, 0.2) is 0 Å². The van der Waals surface area contributed by atoms with Crippen LogP contribution in [0.4, 0.5) is 5.69 Å². The lowest BCUT2D eigenvalue weighted by molar-refractivity contribution is -0.123. The van der Waals surface area contributed by atoms with Gasteiger partial charge in [-0.15, -0.1) is 0 Å². The van der Waals surface area contributed by atoms with Crippen LogP contribution in [0.2, 0.25) is 0 Å². The van der Waals surface area contributed by atoms with E-state index in [-0.39, 0.29) is 42.6 Å². The Morgan fingerprint density at radius 1 is 1.24 bits per heavy atom. The molecule has 2 atom stereocenters. The Bertz CT molecular complexity index is 1340. The van der Waals surface area contributed by atoms with Crippen LogP contribution < -0.4 is 20.9 Å². The summed E-state index contributed by atoms with van der Waals surface area (Å²) in [5.74, 6) is -0.497. The van der Waals surface area contributed by atoms with Crippen LogP contribution in [-0.4, -0.2) is 60.8 Å². The molecule has 12 heteroatoms. The first kappa shape index (κ1) is 26.4. The number of aromatic nitrogens is 1. The molecule has 198 valence electrons. The highest BCUT2D eigenvalue weighted by atomic mass is 32.2. The van der Waals surface area contributed by atoms with Crippen molar-refractivity contribution >= 4 is 28.0 Å². The summed E-state index contributed by atoms with van der Waals surface area (Å²) in [6, 6.07) is 10.2. The van der Waals surface area contributed by atoms with Crippen molar-refractivity contribution < 1.29 is 18.0 Å². The Balaban J connectivity index is 1.74. The van der Waals surface area contributed by atoms with Crippen molar-refractivity contribution in [2.45, 2.75) is 50.7 Å². The molecular weight excluding hydrogens is 496 g/mol. The maximum absolute atomic E-state index is 13.1. The Morgan fingerprint density at radius 3 is 2.59 bits per heavy atom. The second kappa shape index (κ2) is 10.8. The molecular formula is C25H32N6O5S. The normalized spacial score (nSPS) is 20.1. The number of sulfonamides is 1. The number of anilines is 1. The minimum absolute atomic E-state index is 0.000987. The van der Waals surface area contributed by atoms with Crippen LogP contribution >= 0.6 is 0 Å². The van der Waals surface area contributed by atoms with Gasteiger partial charge in [-0.25, -0.2) is 8.42 Å². The van der Waals surface area contributed by atoms with Gasteiger partial charge in [-0.1, -0.05) is 36.9 Å². The molecule has 2 fully saturated rings. The number of amides is 2. The molecule has 37 heavy (non-hydrogen) atoms. The molecule has 4 rings (SSSR count). The predicted molar refractivity (Wildman–Crippen MR) is 140 cm³/mol. The van der Waals surface area contributed by atoms with Crippen molar-refractivity contribution in [3.05, 3.63) is 75.8 Å². The number of nitrogens with one attached hydrogen (secondary N) is 4. The Kier molecular flexibility index (Phi) is 7.69. The second-order valence-corrected chi connectivity index (χ2v) is 11.2. The van der Waals surface area contributed by atoms with E-state index in [2.05, 4.69) is 26.9 Å². The van der Waals surface area contributed by atoms with Crippen molar-refractivity contribution in [3.8, 4) is 0 Å². The monoisotopic (exact) mass is 528 g/mol. The van der Waals surface area contributed by atoms with Crippen LogP contribution in [0.15, 0.2) is 53.5 Å². The molecule has 2 unspecified atom stereocenters. The Hall–Kier alpha value is -3.64. The van der Waals surface area contributed by atoms with Gasteiger partial charge in [-0.3, -0.25) is 24.0 Å². The lowest BCUT2D eigenvalue weighted by Gasteiger charge is -2.33. The van der Waals surface area contributed by atoms with Crippen molar-refractivity contribution in [2.75, 3.05) is 17.9 Å². The fourth-order valence-electron chi connectivity index (χ4n) is 4.55. The molecule has 2 aliphatic rings. The lowest BCUT2D eigenvalue weighted by atomic mass is 10.1. The van der Waals surface area contributed by atoms with Crippen molar-refractivity contribution in [3.63, 3.8) is 0 Å². The Labute approximate surface area is 216 Å². The summed E-state index contributed by atoms with van der Waals surface area (Å²) in [5, 5.41) is 5.59. The molecule has 0 bridgehead atoms. The van der Waals surface area contributed by atoms with E-state index in [1.54, 1.807) is 48.2 Å². The first-order chi connectivity index (χ1) is 17.6. The zero-order valence-electron chi connectivity index (χ0n) is 20.9. The predicted octanol–water partition coefficient (Wildman–Crippen LogP) is 1.13. The molecule has 1 saturated carbocycles. The summed E-state index contributed by atoms with van der Waals surface area (Å²) in [7, 11) is -3.97. The molecule has 2 heterocycles. The highest BCUT2D eigenvalue weighted by Gasteiger charge is 2.43. The lowest BCUT2D eigenvalue weighted by Crippen LogP contribution is -2.43. The zero-order chi connectivity index (χ0) is 26.7. The number of aromatic amines is 1. The van der Waals surface area contributed by atoms with Crippen LogP contribution in [0.3, 0.4) is 0 Å². The third-order valence-electron chi connectivity index (χ3n) is 6.51. The maximum atomic E-state index is 13.1. The van der Waals surface area contributed by atoms with Gasteiger partial charge in [-0.05, 0) is 38.3 Å². The number of rotatable bonds is 11. The molecule has 1 saturated heterocycles. The molecule has 2 amide bonds. The molecule has 0 radical (unpaired) electrons. The van der Waals surface area contributed by atoms with Gasteiger partial charge in [0.2, 0.25) is 22.3 Å². The van der Waals surface area contributed by atoms with E-state index >= 15 is 0 Å². The van der Waals surface area contributed by atoms with Gasteiger partial charge in [0, 0.05) is 29.0 Å². The molecule has 4 N–H and O–H groups in total. The SMILES string of the molecule is C=C1C(C)N(CC(=O)NC2CC2)C(c2cc(C)[nH]c(=O)c2NS(=O)(=O)Cc2ccccc2)N1CNC=O. The maximum Gasteiger partial charge on any atom is 0.272 e. The highest BCUT2D eigenvalue weighted by molar-refractivity contribution is 7.91. The number of benzene rings is 1. The number of pyridine rings is 1. The first-order valence-electron chi connectivity index (χ1n) is 12.1. The van der Waals surface area contributed by atoms with Crippen LogP contribution in [-0.2, 0) is 25.4 Å². The van der Waals surface area contributed by atoms with E-state index in [4.69, 9.17) is 0 Å². The first-order valence-corrected chi connectivity index (χ1v) is 13.7. The molecule has 2 aromatic rings. The van der Waals surface area contributed by atoms with Gasteiger partial charge in [-0.2, -0.15) is 0 Å². The van der Waals surface area contributed by atoms with E-state index < -0.39 is 21.7 Å². The molecule has 11 nitrogen and oxygen atoms in total. The minimum atomic E-state index is -3.97. The molecule has 1 aromatic heterocycles. The van der Waals surface area contributed by atoms with E-state index in [1.165, 1.54) is 0 Å². The summed E-state index contributed by atoms with van der Waals surface area (Å²) in [5.41, 5.74) is 1.31. The van der Waals surface area contributed by atoms with Crippen LogP contribution in [0.25, 0.3) is 0 Å².